The Kier molecular flexibility index (Phi) is 2.92. The van der Waals surface area contributed by atoms with E-state index in [4.69, 9.17) is 0 Å². The Hall–Kier alpha value is -1.98. The van der Waals surface area contributed by atoms with E-state index in [0.29, 0.717) is 0 Å². The van der Waals surface area contributed by atoms with Gasteiger partial charge in [-0.1, -0.05) is 24.3 Å². The van der Waals surface area contributed by atoms with Crippen LogP contribution in [0.4, 0.5) is 5.69 Å². The molecule has 3 rings (SSSR count). The normalized spacial score (nSPS) is 12.2. The average molecular weight is 257 g/mol. The highest BCUT2D eigenvalue weighted by atomic mass is 32.1. The summed E-state index contributed by atoms with van der Waals surface area (Å²) in [6.45, 7) is -0.0128. The number of nitrogens with zero attached hydrogens (tertiary/aromatic N) is 3. The summed E-state index contributed by atoms with van der Waals surface area (Å²) in [6.07, 6.45) is 1.93. The number of benzene rings is 1. The van der Waals surface area contributed by atoms with Crippen LogP contribution in [0.5, 0.6) is 0 Å². The third-order valence-corrected chi connectivity index (χ3v) is 3.37. The van der Waals surface area contributed by atoms with Crippen molar-refractivity contribution in [3.05, 3.63) is 59.0 Å². The smallest absolute Gasteiger partial charge is 0.213 e. The Balaban J connectivity index is 2.22. The van der Waals surface area contributed by atoms with Crippen molar-refractivity contribution < 1.29 is 5.11 Å². The number of rotatable bonds is 2. The molecule has 0 atom stereocenters. The van der Waals surface area contributed by atoms with Crippen LogP contribution in [0.1, 0.15) is 5.56 Å². The fourth-order valence-electron chi connectivity index (χ4n) is 1.73. The molecule has 0 radical (unpaired) electrons. The Morgan fingerprint density at radius 1 is 1.17 bits per heavy atom. The summed E-state index contributed by atoms with van der Waals surface area (Å²) in [5.74, 6) is 0. The highest BCUT2D eigenvalue weighted by Crippen LogP contribution is 2.17. The van der Waals surface area contributed by atoms with E-state index < -0.39 is 0 Å². The molecular weight excluding hydrogens is 246 g/mol. The van der Waals surface area contributed by atoms with Gasteiger partial charge < -0.3 is 5.11 Å². The molecule has 1 N–H and O–H groups in total. The Morgan fingerprint density at radius 2 is 2.00 bits per heavy atom. The van der Waals surface area contributed by atoms with Gasteiger partial charge in [-0.15, -0.1) is 0 Å². The van der Waals surface area contributed by atoms with E-state index in [1.54, 1.807) is 0 Å². The molecule has 0 aliphatic heterocycles. The lowest BCUT2D eigenvalue weighted by Crippen LogP contribution is -2.05. The minimum Gasteiger partial charge on any atom is -0.392 e. The second-order valence-electron chi connectivity index (χ2n) is 3.79. The van der Waals surface area contributed by atoms with Gasteiger partial charge in [0.2, 0.25) is 4.80 Å². The standard InChI is InChI=1S/C13H11N3OS/c17-9-10-5-1-2-6-11(10)14-13-16-8-4-3-7-12(16)15-18-13/h1-8,17H,9H2. The van der Waals surface area contributed by atoms with Crippen LogP contribution < -0.4 is 4.80 Å². The van der Waals surface area contributed by atoms with Crippen LogP contribution in [-0.4, -0.2) is 13.9 Å². The van der Waals surface area contributed by atoms with Crippen molar-refractivity contribution in [3.8, 4) is 0 Å². The maximum atomic E-state index is 9.28. The molecule has 0 bridgehead atoms. The molecule has 0 unspecified atom stereocenters. The molecule has 3 aromatic rings. The largest absolute Gasteiger partial charge is 0.392 e. The molecule has 0 aliphatic carbocycles. The minimum absolute atomic E-state index is 0.0128. The van der Waals surface area contributed by atoms with Crippen LogP contribution in [0.3, 0.4) is 0 Å². The predicted molar refractivity (Wildman–Crippen MR) is 70.7 cm³/mol. The summed E-state index contributed by atoms with van der Waals surface area (Å²) in [6, 6.07) is 13.4. The molecule has 2 aromatic heterocycles. The lowest BCUT2D eigenvalue weighted by Gasteiger charge is -1.99. The van der Waals surface area contributed by atoms with Crippen LogP contribution in [0.2, 0.25) is 0 Å². The monoisotopic (exact) mass is 257 g/mol. The van der Waals surface area contributed by atoms with Gasteiger partial charge >= 0.3 is 0 Å². The van der Waals surface area contributed by atoms with Crippen LogP contribution in [0.15, 0.2) is 53.7 Å². The number of aliphatic hydroxyl groups is 1. The fraction of sp³-hybridized carbons (Fsp3) is 0.0769. The molecule has 0 spiro atoms. The van der Waals surface area contributed by atoms with Gasteiger partial charge in [-0.2, -0.15) is 4.37 Å². The van der Waals surface area contributed by atoms with Gasteiger partial charge in [-0.25, -0.2) is 4.99 Å². The topological polar surface area (TPSA) is 49.9 Å². The molecule has 18 heavy (non-hydrogen) atoms. The maximum Gasteiger partial charge on any atom is 0.213 e. The van der Waals surface area contributed by atoms with E-state index in [2.05, 4.69) is 9.37 Å². The lowest BCUT2D eigenvalue weighted by atomic mass is 10.2. The highest BCUT2D eigenvalue weighted by Gasteiger charge is 2.01. The molecule has 5 heteroatoms. The second-order valence-corrected chi connectivity index (χ2v) is 4.52. The number of hydrogen-bond donors (Lipinski definition) is 1. The third kappa shape index (κ3) is 1.94. The SMILES string of the molecule is OCc1ccccc1N=c1snc2ccccn12. The first-order valence-corrected chi connectivity index (χ1v) is 6.32. The Morgan fingerprint density at radius 3 is 2.89 bits per heavy atom. The first kappa shape index (κ1) is 11.1. The minimum atomic E-state index is -0.0128. The first-order valence-electron chi connectivity index (χ1n) is 5.55. The Bertz CT molecular complexity index is 745. The molecule has 0 aliphatic rings. The molecule has 1 aromatic carbocycles. The molecule has 4 nitrogen and oxygen atoms in total. The van der Waals surface area contributed by atoms with Gasteiger partial charge in [0.05, 0.1) is 12.3 Å². The number of fused-ring (bicyclic) bond motifs is 1. The highest BCUT2D eigenvalue weighted by molar-refractivity contribution is 7.03. The molecule has 90 valence electrons. The number of para-hydroxylation sites is 1. The quantitative estimate of drug-likeness (QED) is 0.764. The van der Waals surface area contributed by atoms with Gasteiger partial charge in [0, 0.05) is 23.3 Å². The maximum absolute atomic E-state index is 9.28. The van der Waals surface area contributed by atoms with Crippen molar-refractivity contribution in [1.82, 2.24) is 8.77 Å². The van der Waals surface area contributed by atoms with Crippen molar-refractivity contribution in [2.24, 2.45) is 4.99 Å². The third-order valence-electron chi connectivity index (χ3n) is 2.64. The van der Waals surface area contributed by atoms with E-state index in [1.807, 2.05) is 53.1 Å². The Labute approximate surface area is 108 Å². The predicted octanol–water partition coefficient (Wildman–Crippen LogP) is 2.12. The van der Waals surface area contributed by atoms with Crippen LogP contribution in [0, 0.1) is 0 Å². The fourth-order valence-corrected chi connectivity index (χ4v) is 2.44. The van der Waals surface area contributed by atoms with E-state index in [-0.39, 0.29) is 6.61 Å². The van der Waals surface area contributed by atoms with Gasteiger partial charge in [0.1, 0.15) is 0 Å². The van der Waals surface area contributed by atoms with E-state index in [0.717, 1.165) is 21.7 Å². The van der Waals surface area contributed by atoms with Crippen molar-refractivity contribution in [3.63, 3.8) is 0 Å². The molecular formula is C13H11N3OS. The number of hydrogen-bond acceptors (Lipinski definition) is 4. The van der Waals surface area contributed by atoms with Gasteiger partial charge in [-0.3, -0.25) is 4.40 Å². The summed E-state index contributed by atoms with van der Waals surface area (Å²) in [5, 5.41) is 9.28. The average Bonchev–Trinajstić information content (AvgIpc) is 2.83. The van der Waals surface area contributed by atoms with E-state index in [9.17, 15) is 5.11 Å². The van der Waals surface area contributed by atoms with Crippen LogP contribution in [-0.2, 0) is 6.61 Å². The lowest BCUT2D eigenvalue weighted by molar-refractivity contribution is 0.282. The summed E-state index contributed by atoms with van der Waals surface area (Å²) in [7, 11) is 0. The van der Waals surface area contributed by atoms with Crippen LogP contribution in [0.25, 0.3) is 5.65 Å². The number of pyridine rings is 1. The van der Waals surface area contributed by atoms with Crippen LogP contribution >= 0.6 is 11.5 Å². The van der Waals surface area contributed by atoms with Crippen molar-refractivity contribution >= 4 is 22.9 Å². The number of aromatic nitrogens is 2. The van der Waals surface area contributed by atoms with Crippen molar-refractivity contribution in [2.45, 2.75) is 6.61 Å². The van der Waals surface area contributed by atoms with Gasteiger partial charge in [0.15, 0.2) is 5.65 Å². The zero-order chi connectivity index (χ0) is 12.4. The molecule has 2 heterocycles. The zero-order valence-electron chi connectivity index (χ0n) is 9.52. The first-order chi connectivity index (χ1) is 8.88. The summed E-state index contributed by atoms with van der Waals surface area (Å²) in [4.78, 5) is 5.36. The van der Waals surface area contributed by atoms with Gasteiger partial charge in [0.25, 0.3) is 0 Å². The zero-order valence-corrected chi connectivity index (χ0v) is 10.3. The van der Waals surface area contributed by atoms with Gasteiger partial charge in [-0.05, 0) is 18.2 Å². The molecule has 0 amide bonds. The van der Waals surface area contributed by atoms with Crippen molar-refractivity contribution in [1.29, 1.82) is 0 Å². The molecule has 0 fully saturated rings. The van der Waals surface area contributed by atoms with E-state index >= 15 is 0 Å². The van der Waals surface area contributed by atoms with E-state index in [1.165, 1.54) is 11.5 Å². The molecule has 0 saturated heterocycles. The molecule has 0 saturated carbocycles. The van der Waals surface area contributed by atoms with Crippen molar-refractivity contribution in [2.75, 3.05) is 0 Å². The summed E-state index contributed by atoms with van der Waals surface area (Å²) in [5.41, 5.74) is 2.47. The summed E-state index contributed by atoms with van der Waals surface area (Å²) < 4.78 is 6.25. The second kappa shape index (κ2) is 4.72. The number of aliphatic hydroxyl groups excluding tert-OH is 1. The summed E-state index contributed by atoms with van der Waals surface area (Å²) >= 11 is 1.34.